The zero-order valence-corrected chi connectivity index (χ0v) is 21.6. The molecule has 0 spiro atoms. The molecule has 184 valence electrons. The van der Waals surface area contributed by atoms with Gasteiger partial charge in [0.2, 0.25) is 11.8 Å². The molecule has 0 radical (unpaired) electrons. The number of rotatable bonds is 10. The fourth-order valence-corrected chi connectivity index (χ4v) is 4.93. The number of aryl methyl sites for hydroxylation is 1. The van der Waals surface area contributed by atoms with Crippen molar-refractivity contribution in [3.63, 3.8) is 0 Å². The number of hydrogen-bond acceptors (Lipinski definition) is 2. The second kappa shape index (κ2) is 12.9. The van der Waals surface area contributed by atoms with Crippen molar-refractivity contribution in [3.8, 4) is 0 Å². The van der Waals surface area contributed by atoms with E-state index in [1.807, 2.05) is 31.2 Å². The monoisotopic (exact) mass is 482 g/mol. The fourth-order valence-electron chi connectivity index (χ4n) is 4.74. The maximum absolute atomic E-state index is 13.5. The first kappa shape index (κ1) is 26.3. The Morgan fingerprint density at radius 2 is 1.71 bits per heavy atom. The van der Waals surface area contributed by atoms with Crippen LogP contribution in [0, 0.1) is 0 Å². The molecule has 1 atom stereocenters. The summed E-state index contributed by atoms with van der Waals surface area (Å²) >= 11 is 6.43. The van der Waals surface area contributed by atoms with Crippen molar-refractivity contribution in [1.82, 2.24) is 10.2 Å². The maximum Gasteiger partial charge on any atom is 0.243 e. The number of hydrogen-bond donors (Lipinski definition) is 1. The SMILES string of the molecule is CC[C@@H](C(=O)NC1CCCCC1)N(Cc1ccccc1Cl)C(=O)CCc1ccc(C(C)C)cc1. The molecule has 2 aromatic carbocycles. The van der Waals surface area contributed by atoms with Crippen LogP contribution in [-0.4, -0.2) is 28.8 Å². The molecule has 0 aromatic heterocycles. The largest absolute Gasteiger partial charge is 0.352 e. The number of amides is 2. The summed E-state index contributed by atoms with van der Waals surface area (Å²) in [4.78, 5) is 28.5. The predicted molar refractivity (Wildman–Crippen MR) is 140 cm³/mol. The van der Waals surface area contributed by atoms with Gasteiger partial charge in [-0.1, -0.05) is 94.1 Å². The van der Waals surface area contributed by atoms with Crippen LogP contribution >= 0.6 is 11.6 Å². The lowest BCUT2D eigenvalue weighted by atomic mass is 9.95. The van der Waals surface area contributed by atoms with Gasteiger partial charge in [-0.2, -0.15) is 0 Å². The first-order chi connectivity index (χ1) is 16.4. The number of nitrogens with zero attached hydrogens (tertiary/aromatic N) is 1. The molecule has 34 heavy (non-hydrogen) atoms. The van der Waals surface area contributed by atoms with Gasteiger partial charge in [0.15, 0.2) is 0 Å². The average Bonchev–Trinajstić information content (AvgIpc) is 2.84. The number of benzene rings is 2. The van der Waals surface area contributed by atoms with E-state index >= 15 is 0 Å². The van der Waals surface area contributed by atoms with E-state index in [-0.39, 0.29) is 17.9 Å². The molecule has 0 unspecified atom stereocenters. The van der Waals surface area contributed by atoms with Crippen LogP contribution < -0.4 is 5.32 Å². The third-order valence-corrected chi connectivity index (χ3v) is 7.28. The molecule has 0 aliphatic heterocycles. The summed E-state index contributed by atoms with van der Waals surface area (Å²) in [5.41, 5.74) is 3.29. The summed E-state index contributed by atoms with van der Waals surface area (Å²) in [5, 5.41) is 3.85. The highest BCUT2D eigenvalue weighted by molar-refractivity contribution is 6.31. The number of nitrogens with one attached hydrogen (secondary N) is 1. The van der Waals surface area contributed by atoms with Gasteiger partial charge in [-0.05, 0) is 54.4 Å². The van der Waals surface area contributed by atoms with Gasteiger partial charge in [0, 0.05) is 24.0 Å². The second-order valence-electron chi connectivity index (χ2n) is 9.78. The molecule has 2 aromatic rings. The third-order valence-electron chi connectivity index (χ3n) is 6.91. The fraction of sp³-hybridized carbons (Fsp3) is 0.517. The van der Waals surface area contributed by atoms with Gasteiger partial charge in [-0.15, -0.1) is 0 Å². The van der Waals surface area contributed by atoms with E-state index in [0.717, 1.165) is 36.8 Å². The van der Waals surface area contributed by atoms with Crippen LogP contribution in [0.3, 0.4) is 0 Å². The van der Waals surface area contributed by atoms with Crippen LogP contribution in [-0.2, 0) is 22.6 Å². The molecule has 2 amide bonds. The van der Waals surface area contributed by atoms with Gasteiger partial charge in [-0.25, -0.2) is 0 Å². The van der Waals surface area contributed by atoms with Crippen LogP contribution in [0.4, 0.5) is 0 Å². The van der Waals surface area contributed by atoms with E-state index < -0.39 is 6.04 Å². The van der Waals surface area contributed by atoms with E-state index in [1.54, 1.807) is 4.90 Å². The van der Waals surface area contributed by atoms with Crippen molar-refractivity contribution in [1.29, 1.82) is 0 Å². The van der Waals surface area contributed by atoms with Crippen molar-refractivity contribution in [2.45, 2.75) is 96.7 Å². The number of halogens is 1. The lowest BCUT2D eigenvalue weighted by Crippen LogP contribution is -2.51. The summed E-state index contributed by atoms with van der Waals surface area (Å²) in [6, 6.07) is 15.8. The van der Waals surface area contributed by atoms with Gasteiger partial charge < -0.3 is 10.2 Å². The predicted octanol–water partition coefficient (Wildman–Crippen LogP) is 6.65. The van der Waals surface area contributed by atoms with Crippen LogP contribution in [0.2, 0.25) is 5.02 Å². The van der Waals surface area contributed by atoms with Crippen molar-refractivity contribution in [2.24, 2.45) is 0 Å². The Balaban J connectivity index is 1.74. The lowest BCUT2D eigenvalue weighted by Gasteiger charge is -2.33. The van der Waals surface area contributed by atoms with Crippen molar-refractivity contribution in [2.75, 3.05) is 0 Å². The molecule has 1 N–H and O–H groups in total. The molecular formula is C29H39ClN2O2. The Labute approximate surface area is 210 Å². The Bertz CT molecular complexity index is 935. The normalized spacial score (nSPS) is 15.2. The van der Waals surface area contributed by atoms with Gasteiger partial charge >= 0.3 is 0 Å². The summed E-state index contributed by atoms with van der Waals surface area (Å²) in [6.45, 7) is 6.66. The van der Waals surface area contributed by atoms with Crippen LogP contribution in [0.1, 0.15) is 88.3 Å². The van der Waals surface area contributed by atoms with Crippen molar-refractivity contribution < 1.29 is 9.59 Å². The highest BCUT2D eigenvalue weighted by atomic mass is 35.5. The minimum absolute atomic E-state index is 0.0153. The van der Waals surface area contributed by atoms with Crippen LogP contribution in [0.15, 0.2) is 48.5 Å². The zero-order chi connectivity index (χ0) is 24.5. The van der Waals surface area contributed by atoms with E-state index in [1.165, 1.54) is 12.0 Å². The standard InChI is InChI=1S/C29H39ClN2O2/c1-4-27(29(34)31-25-11-6-5-7-12-25)32(20-24-10-8-9-13-26(24)30)28(33)19-16-22-14-17-23(18-15-22)21(2)3/h8-10,13-15,17-18,21,25,27H,4-7,11-12,16,19-20H2,1-3H3,(H,31,34)/t27-/m0/s1. The first-order valence-corrected chi connectivity index (χ1v) is 13.2. The molecule has 3 rings (SSSR count). The van der Waals surface area contributed by atoms with E-state index in [9.17, 15) is 9.59 Å². The average molecular weight is 483 g/mol. The molecule has 0 heterocycles. The summed E-state index contributed by atoms with van der Waals surface area (Å²) in [5.74, 6) is 0.421. The highest BCUT2D eigenvalue weighted by Crippen LogP contribution is 2.23. The second-order valence-corrected chi connectivity index (χ2v) is 10.2. The summed E-state index contributed by atoms with van der Waals surface area (Å²) < 4.78 is 0. The lowest BCUT2D eigenvalue weighted by molar-refractivity contribution is -0.141. The molecule has 0 bridgehead atoms. The molecule has 1 fully saturated rings. The molecule has 1 aliphatic carbocycles. The number of carbonyl (C=O) groups is 2. The molecule has 0 saturated heterocycles. The molecule has 5 heteroatoms. The summed E-state index contributed by atoms with van der Waals surface area (Å²) in [6.07, 6.45) is 7.16. The van der Waals surface area contributed by atoms with Gasteiger partial charge in [0.05, 0.1) is 0 Å². The van der Waals surface area contributed by atoms with E-state index in [2.05, 4.69) is 43.4 Å². The zero-order valence-electron chi connectivity index (χ0n) is 20.9. The Hall–Kier alpha value is -2.33. The molecule has 1 aliphatic rings. The van der Waals surface area contributed by atoms with Crippen LogP contribution in [0.25, 0.3) is 0 Å². The minimum Gasteiger partial charge on any atom is -0.352 e. The Morgan fingerprint density at radius 3 is 2.32 bits per heavy atom. The summed E-state index contributed by atoms with van der Waals surface area (Å²) in [7, 11) is 0. The molecule has 1 saturated carbocycles. The quantitative estimate of drug-likeness (QED) is 0.412. The van der Waals surface area contributed by atoms with Gasteiger partial charge in [-0.3, -0.25) is 9.59 Å². The molecular weight excluding hydrogens is 444 g/mol. The molecule has 4 nitrogen and oxygen atoms in total. The smallest absolute Gasteiger partial charge is 0.243 e. The number of carbonyl (C=O) groups excluding carboxylic acids is 2. The minimum atomic E-state index is -0.506. The Kier molecular flexibility index (Phi) is 10.0. The van der Waals surface area contributed by atoms with Crippen molar-refractivity contribution in [3.05, 3.63) is 70.2 Å². The maximum atomic E-state index is 13.5. The van der Waals surface area contributed by atoms with Gasteiger partial charge in [0.1, 0.15) is 6.04 Å². The van der Waals surface area contributed by atoms with Crippen LogP contribution in [0.5, 0.6) is 0 Å². The van der Waals surface area contributed by atoms with Crippen molar-refractivity contribution >= 4 is 23.4 Å². The first-order valence-electron chi connectivity index (χ1n) is 12.8. The highest BCUT2D eigenvalue weighted by Gasteiger charge is 2.30. The van der Waals surface area contributed by atoms with Gasteiger partial charge in [0.25, 0.3) is 0 Å². The van der Waals surface area contributed by atoms with E-state index in [4.69, 9.17) is 11.6 Å². The topological polar surface area (TPSA) is 49.4 Å². The third kappa shape index (κ3) is 7.33. The Morgan fingerprint density at radius 1 is 1.03 bits per heavy atom. The van der Waals surface area contributed by atoms with E-state index in [0.29, 0.717) is 36.7 Å².